The summed E-state index contributed by atoms with van der Waals surface area (Å²) in [5.74, 6) is 0.404. The molecule has 1 rings (SSSR count). The minimum absolute atomic E-state index is 0.0850. The molecule has 6 nitrogen and oxygen atoms in total. The Hall–Kier alpha value is -2.08. The van der Waals surface area contributed by atoms with E-state index in [2.05, 4.69) is 10.6 Å². The molecule has 0 radical (unpaired) electrons. The summed E-state index contributed by atoms with van der Waals surface area (Å²) in [6.45, 7) is 5.73. The van der Waals surface area contributed by atoms with Crippen LogP contribution in [0.5, 0.6) is 5.75 Å². The van der Waals surface area contributed by atoms with Crippen molar-refractivity contribution in [2.75, 3.05) is 26.0 Å². The van der Waals surface area contributed by atoms with Gasteiger partial charge in [-0.1, -0.05) is 6.07 Å². The summed E-state index contributed by atoms with van der Waals surface area (Å²) in [6.07, 6.45) is 0. The van der Waals surface area contributed by atoms with Crippen molar-refractivity contribution in [3.63, 3.8) is 0 Å². The van der Waals surface area contributed by atoms with Crippen LogP contribution in [0.15, 0.2) is 24.3 Å². The number of carbonyl (C=O) groups is 2. The molecule has 1 aromatic carbocycles. The second-order valence-corrected chi connectivity index (χ2v) is 5.53. The molecule has 6 heteroatoms. The summed E-state index contributed by atoms with van der Waals surface area (Å²) in [4.78, 5) is 25.7. The van der Waals surface area contributed by atoms with Crippen LogP contribution in [0.25, 0.3) is 0 Å². The van der Waals surface area contributed by atoms with Gasteiger partial charge in [-0.25, -0.2) is 0 Å². The maximum absolute atomic E-state index is 12.2. The summed E-state index contributed by atoms with van der Waals surface area (Å²) >= 11 is 0. The number of nitrogens with zero attached hydrogens (tertiary/aromatic N) is 1. The number of carbonyl (C=O) groups excluding carboxylic acids is 2. The Morgan fingerprint density at radius 1 is 1.27 bits per heavy atom. The molecule has 0 spiro atoms. The summed E-state index contributed by atoms with van der Waals surface area (Å²) < 4.78 is 5.12. The van der Waals surface area contributed by atoms with Gasteiger partial charge in [0.15, 0.2) is 0 Å². The first-order valence-corrected chi connectivity index (χ1v) is 7.28. The molecule has 1 aromatic rings. The Labute approximate surface area is 131 Å². The predicted octanol–water partition coefficient (Wildman–Crippen LogP) is 1.48. The van der Waals surface area contributed by atoms with E-state index in [4.69, 9.17) is 4.74 Å². The van der Waals surface area contributed by atoms with Crippen molar-refractivity contribution in [1.29, 1.82) is 0 Å². The minimum atomic E-state index is -0.427. The number of ether oxygens (including phenoxy) is 1. The highest BCUT2D eigenvalue weighted by molar-refractivity contribution is 5.95. The minimum Gasteiger partial charge on any atom is -0.497 e. The molecule has 0 bridgehead atoms. The lowest BCUT2D eigenvalue weighted by atomic mass is 10.2. The lowest BCUT2D eigenvalue weighted by Gasteiger charge is -2.23. The van der Waals surface area contributed by atoms with E-state index in [0.717, 1.165) is 0 Å². The molecule has 0 aromatic heterocycles. The highest BCUT2D eigenvalue weighted by Crippen LogP contribution is 2.17. The van der Waals surface area contributed by atoms with Gasteiger partial charge in [-0.2, -0.15) is 0 Å². The van der Waals surface area contributed by atoms with Gasteiger partial charge in [-0.3, -0.25) is 14.5 Å². The average Bonchev–Trinajstić information content (AvgIpc) is 2.45. The van der Waals surface area contributed by atoms with Crippen LogP contribution >= 0.6 is 0 Å². The number of hydrogen-bond donors (Lipinski definition) is 2. The molecule has 0 saturated carbocycles. The lowest BCUT2D eigenvalue weighted by Crippen LogP contribution is -2.45. The van der Waals surface area contributed by atoms with Crippen molar-refractivity contribution in [2.45, 2.75) is 32.9 Å². The van der Waals surface area contributed by atoms with Gasteiger partial charge in [0.25, 0.3) is 0 Å². The zero-order chi connectivity index (χ0) is 16.7. The molecule has 1 atom stereocenters. The standard InChI is InChI=1S/C16H25N3O3/c1-11(2)17-15(20)10-19(4)12(3)16(21)18-13-7-6-8-14(9-13)22-5/h6-9,11-12H,10H2,1-5H3,(H,17,20)(H,18,21)/t12-/m1/s1. The number of nitrogens with one attached hydrogen (secondary N) is 2. The SMILES string of the molecule is COc1cccc(NC(=O)[C@@H](C)N(C)CC(=O)NC(C)C)c1. The van der Waals surface area contributed by atoms with Crippen LogP contribution < -0.4 is 15.4 Å². The molecule has 2 N–H and O–H groups in total. The van der Waals surface area contributed by atoms with Crippen LogP contribution in [0.1, 0.15) is 20.8 Å². The number of methoxy groups -OCH3 is 1. The second-order valence-electron chi connectivity index (χ2n) is 5.53. The summed E-state index contributed by atoms with van der Waals surface area (Å²) in [6, 6.07) is 6.81. The van der Waals surface area contributed by atoms with Crippen molar-refractivity contribution >= 4 is 17.5 Å². The van der Waals surface area contributed by atoms with E-state index >= 15 is 0 Å². The molecule has 0 saturated heterocycles. The first kappa shape index (κ1) is 18.0. The van der Waals surface area contributed by atoms with Gasteiger partial charge in [-0.05, 0) is 40.0 Å². The molecule has 0 aliphatic heterocycles. The van der Waals surface area contributed by atoms with Crippen molar-refractivity contribution < 1.29 is 14.3 Å². The van der Waals surface area contributed by atoms with Crippen molar-refractivity contribution in [2.24, 2.45) is 0 Å². The summed E-state index contributed by atoms with van der Waals surface area (Å²) in [5.41, 5.74) is 0.663. The fourth-order valence-corrected chi connectivity index (χ4v) is 1.88. The molecule has 0 fully saturated rings. The Kier molecular flexibility index (Phi) is 6.85. The smallest absolute Gasteiger partial charge is 0.241 e. The molecule has 22 heavy (non-hydrogen) atoms. The van der Waals surface area contributed by atoms with E-state index in [-0.39, 0.29) is 24.4 Å². The molecule has 0 aliphatic rings. The Bertz CT molecular complexity index is 517. The average molecular weight is 307 g/mol. The van der Waals surface area contributed by atoms with Crippen molar-refractivity contribution in [3.8, 4) is 5.75 Å². The van der Waals surface area contributed by atoms with Gasteiger partial charge in [0.05, 0.1) is 19.7 Å². The van der Waals surface area contributed by atoms with Crippen LogP contribution in [-0.4, -0.2) is 49.5 Å². The number of hydrogen-bond acceptors (Lipinski definition) is 4. The Balaban J connectivity index is 2.58. The highest BCUT2D eigenvalue weighted by atomic mass is 16.5. The van der Waals surface area contributed by atoms with Crippen LogP contribution in [0.4, 0.5) is 5.69 Å². The molecular formula is C16H25N3O3. The monoisotopic (exact) mass is 307 g/mol. The third kappa shape index (κ3) is 5.73. The quantitative estimate of drug-likeness (QED) is 0.800. The number of rotatable bonds is 7. The third-order valence-electron chi connectivity index (χ3n) is 3.22. The molecule has 0 aliphatic carbocycles. The lowest BCUT2D eigenvalue weighted by molar-refractivity contribution is -0.125. The molecular weight excluding hydrogens is 282 g/mol. The maximum Gasteiger partial charge on any atom is 0.241 e. The first-order valence-electron chi connectivity index (χ1n) is 7.28. The van der Waals surface area contributed by atoms with Gasteiger partial charge in [-0.15, -0.1) is 0 Å². The van der Waals surface area contributed by atoms with Crippen LogP contribution in [0.2, 0.25) is 0 Å². The molecule has 0 unspecified atom stereocenters. The molecule has 2 amide bonds. The number of benzene rings is 1. The zero-order valence-corrected chi connectivity index (χ0v) is 13.8. The zero-order valence-electron chi connectivity index (χ0n) is 13.8. The van der Waals surface area contributed by atoms with Gasteiger partial charge < -0.3 is 15.4 Å². The fraction of sp³-hybridized carbons (Fsp3) is 0.500. The van der Waals surface area contributed by atoms with Gasteiger partial charge in [0.2, 0.25) is 11.8 Å². The van der Waals surface area contributed by atoms with Crippen LogP contribution in [-0.2, 0) is 9.59 Å². The molecule has 122 valence electrons. The Morgan fingerprint density at radius 2 is 1.95 bits per heavy atom. The first-order chi connectivity index (χ1) is 10.3. The highest BCUT2D eigenvalue weighted by Gasteiger charge is 2.20. The van der Waals surface area contributed by atoms with Crippen LogP contribution in [0, 0.1) is 0 Å². The largest absolute Gasteiger partial charge is 0.497 e. The number of amides is 2. The number of likely N-dealkylation sites (N-methyl/N-ethyl adjacent to an activating group) is 1. The third-order valence-corrected chi connectivity index (χ3v) is 3.22. The van der Waals surface area contributed by atoms with E-state index < -0.39 is 6.04 Å². The van der Waals surface area contributed by atoms with Gasteiger partial charge in [0.1, 0.15) is 5.75 Å². The van der Waals surface area contributed by atoms with E-state index in [1.807, 2.05) is 19.9 Å². The van der Waals surface area contributed by atoms with Crippen molar-refractivity contribution in [1.82, 2.24) is 10.2 Å². The van der Waals surface area contributed by atoms with E-state index in [0.29, 0.717) is 11.4 Å². The topological polar surface area (TPSA) is 70.7 Å². The van der Waals surface area contributed by atoms with E-state index in [1.165, 1.54) is 0 Å². The van der Waals surface area contributed by atoms with Crippen LogP contribution in [0.3, 0.4) is 0 Å². The van der Waals surface area contributed by atoms with Gasteiger partial charge >= 0.3 is 0 Å². The van der Waals surface area contributed by atoms with E-state index in [9.17, 15) is 9.59 Å². The maximum atomic E-state index is 12.2. The normalized spacial score (nSPS) is 12.1. The van der Waals surface area contributed by atoms with Crippen molar-refractivity contribution in [3.05, 3.63) is 24.3 Å². The fourth-order valence-electron chi connectivity index (χ4n) is 1.88. The molecule has 0 heterocycles. The predicted molar refractivity (Wildman–Crippen MR) is 87.0 cm³/mol. The number of anilines is 1. The summed E-state index contributed by atoms with van der Waals surface area (Å²) in [5, 5.41) is 5.62. The van der Waals surface area contributed by atoms with Gasteiger partial charge in [0, 0.05) is 17.8 Å². The van der Waals surface area contributed by atoms with E-state index in [1.54, 1.807) is 44.2 Å². The second kappa shape index (κ2) is 8.38. The summed E-state index contributed by atoms with van der Waals surface area (Å²) in [7, 11) is 3.32. The Morgan fingerprint density at radius 3 is 2.55 bits per heavy atom.